The van der Waals surface area contributed by atoms with Crippen LogP contribution in [0, 0.1) is 11.8 Å². The lowest BCUT2D eigenvalue weighted by Gasteiger charge is -2.29. The van der Waals surface area contributed by atoms with Crippen molar-refractivity contribution in [3.05, 3.63) is 65.7 Å². The molecule has 44 heavy (non-hydrogen) atoms. The summed E-state index contributed by atoms with van der Waals surface area (Å²) < 4.78 is 73.0. The highest BCUT2D eigenvalue weighted by Gasteiger charge is 2.34. The zero-order valence-corrected chi connectivity index (χ0v) is 26.1. The Bertz CT molecular complexity index is 1650. The Hall–Kier alpha value is -3.43. The maximum absolute atomic E-state index is 12.9. The van der Waals surface area contributed by atoms with Gasteiger partial charge in [0.25, 0.3) is 0 Å². The molecule has 236 valence electrons. The number of aromatic nitrogens is 4. The molecule has 4 aromatic rings. The van der Waals surface area contributed by atoms with Crippen LogP contribution in [0.15, 0.2) is 70.6 Å². The number of hydrogen-bond acceptors (Lipinski definition) is 8. The Morgan fingerprint density at radius 1 is 1.00 bits per heavy atom. The van der Waals surface area contributed by atoms with E-state index in [0.29, 0.717) is 18.4 Å². The zero-order valence-electron chi connectivity index (χ0n) is 23.7. The number of para-hydroxylation sites is 1. The van der Waals surface area contributed by atoms with Crippen molar-refractivity contribution in [3.8, 4) is 5.75 Å². The van der Waals surface area contributed by atoms with E-state index in [1.165, 1.54) is 6.07 Å². The van der Waals surface area contributed by atoms with E-state index in [2.05, 4.69) is 46.0 Å². The van der Waals surface area contributed by atoms with Gasteiger partial charge in [-0.2, -0.15) is 4.98 Å². The van der Waals surface area contributed by atoms with Crippen LogP contribution in [0.4, 0.5) is 24.9 Å². The van der Waals surface area contributed by atoms with Gasteiger partial charge in [-0.3, -0.25) is 0 Å². The molecule has 0 spiro atoms. The second kappa shape index (κ2) is 14.1. The lowest BCUT2D eigenvalue weighted by atomic mass is 9.82. The van der Waals surface area contributed by atoms with E-state index in [0.717, 1.165) is 74.0 Å². The van der Waals surface area contributed by atoms with Crippen LogP contribution in [0.3, 0.4) is 0 Å². The van der Waals surface area contributed by atoms with Crippen molar-refractivity contribution in [1.29, 1.82) is 0 Å². The number of sulfonamides is 1. The molecule has 1 aliphatic rings. The minimum Gasteiger partial charge on any atom is -0.404 e. The normalized spacial score (nSPS) is 17.5. The Kier molecular flexibility index (Phi) is 10.3. The Labute approximate surface area is 262 Å². The molecule has 2 heterocycles. The molecule has 10 nitrogen and oxygen atoms in total. The molecule has 1 aliphatic carbocycles. The van der Waals surface area contributed by atoms with Crippen molar-refractivity contribution < 1.29 is 26.3 Å². The largest absolute Gasteiger partial charge is 0.573 e. The number of rotatable bonds is 13. The Morgan fingerprint density at radius 3 is 2.48 bits per heavy atom. The molecule has 0 unspecified atom stereocenters. The minimum atomic E-state index is -5.02. The van der Waals surface area contributed by atoms with E-state index in [9.17, 15) is 21.6 Å². The number of halogens is 4. The van der Waals surface area contributed by atoms with Crippen LogP contribution in [0.2, 0.25) is 0 Å². The van der Waals surface area contributed by atoms with Crippen LogP contribution < -0.4 is 20.1 Å². The van der Waals surface area contributed by atoms with Crippen LogP contribution in [-0.4, -0.2) is 53.9 Å². The predicted molar refractivity (Wildman–Crippen MR) is 165 cm³/mol. The van der Waals surface area contributed by atoms with Crippen LogP contribution >= 0.6 is 15.9 Å². The number of aryl methyl sites for hydroxylation is 1. The van der Waals surface area contributed by atoms with Gasteiger partial charge in [0.15, 0.2) is 5.75 Å². The smallest absolute Gasteiger partial charge is 0.404 e. The first-order chi connectivity index (χ1) is 21.1. The molecule has 15 heteroatoms. The van der Waals surface area contributed by atoms with Crippen molar-refractivity contribution in [2.75, 3.05) is 30.3 Å². The first kappa shape index (κ1) is 32.0. The summed E-state index contributed by atoms with van der Waals surface area (Å²) in [7, 11) is -4.22. The predicted octanol–water partition coefficient (Wildman–Crippen LogP) is 6.19. The molecule has 2 aromatic heterocycles. The molecule has 1 saturated carbocycles. The summed E-state index contributed by atoms with van der Waals surface area (Å²) in [5.74, 6) is 0.954. The van der Waals surface area contributed by atoms with Gasteiger partial charge in [0.2, 0.25) is 16.0 Å². The van der Waals surface area contributed by atoms with E-state index in [-0.39, 0.29) is 16.9 Å². The summed E-state index contributed by atoms with van der Waals surface area (Å²) in [6.07, 6.45) is 4.68. The molecule has 0 radical (unpaired) electrons. The SMILES string of the molecule is O=S(=O)(NC[C@H]1CC[C@H](CNc2nc(NCCCn3ccnc3)c3ccccc3n2)CC1)c1ccc(Br)cc1OC(F)(F)F. The third-order valence-electron chi connectivity index (χ3n) is 7.55. The lowest BCUT2D eigenvalue weighted by Crippen LogP contribution is -2.33. The Balaban J connectivity index is 1.12. The molecule has 0 bridgehead atoms. The number of anilines is 2. The average Bonchev–Trinajstić information content (AvgIpc) is 3.50. The van der Waals surface area contributed by atoms with Gasteiger partial charge < -0.3 is 19.9 Å². The summed E-state index contributed by atoms with van der Waals surface area (Å²) in [4.78, 5) is 12.9. The van der Waals surface area contributed by atoms with Crippen molar-refractivity contribution in [1.82, 2.24) is 24.2 Å². The highest BCUT2D eigenvalue weighted by Crippen LogP contribution is 2.33. The maximum atomic E-state index is 12.9. The van der Waals surface area contributed by atoms with E-state index in [4.69, 9.17) is 4.98 Å². The number of fused-ring (bicyclic) bond motifs is 1. The van der Waals surface area contributed by atoms with Crippen LogP contribution in [0.1, 0.15) is 32.1 Å². The highest BCUT2D eigenvalue weighted by molar-refractivity contribution is 9.10. The average molecular weight is 697 g/mol. The summed E-state index contributed by atoms with van der Waals surface area (Å²) in [5, 5.41) is 7.78. The highest BCUT2D eigenvalue weighted by atomic mass is 79.9. The van der Waals surface area contributed by atoms with Crippen molar-refractivity contribution in [3.63, 3.8) is 0 Å². The number of alkyl halides is 3. The van der Waals surface area contributed by atoms with Crippen LogP contribution in [-0.2, 0) is 16.6 Å². The molecule has 0 atom stereocenters. The van der Waals surface area contributed by atoms with Gasteiger partial charge in [0, 0.05) is 48.4 Å². The number of benzene rings is 2. The third kappa shape index (κ3) is 8.82. The molecule has 0 saturated heterocycles. The minimum absolute atomic E-state index is 0.0681. The molecule has 1 fully saturated rings. The molecule has 0 aliphatic heterocycles. The van der Waals surface area contributed by atoms with E-state index >= 15 is 0 Å². The summed E-state index contributed by atoms with van der Waals surface area (Å²) >= 11 is 3.06. The fourth-order valence-corrected chi connectivity index (χ4v) is 6.83. The summed E-state index contributed by atoms with van der Waals surface area (Å²) in [6, 6.07) is 11.3. The Morgan fingerprint density at radius 2 is 1.75 bits per heavy atom. The number of hydrogen-bond donors (Lipinski definition) is 3. The fraction of sp³-hybridized carbons (Fsp3) is 0.414. The number of ether oxygens (including phenoxy) is 1. The van der Waals surface area contributed by atoms with Crippen molar-refractivity contribution >= 4 is 48.6 Å². The van der Waals surface area contributed by atoms with Gasteiger partial charge in [0.05, 0.1) is 11.8 Å². The fourth-order valence-electron chi connectivity index (χ4n) is 5.27. The molecule has 3 N–H and O–H groups in total. The molecular formula is C29H33BrF3N7O3S. The molecular weight excluding hydrogens is 663 g/mol. The maximum Gasteiger partial charge on any atom is 0.573 e. The number of nitrogens with zero attached hydrogens (tertiary/aromatic N) is 4. The number of imidazole rings is 1. The van der Waals surface area contributed by atoms with Crippen molar-refractivity contribution in [2.45, 2.75) is 49.9 Å². The van der Waals surface area contributed by atoms with Crippen LogP contribution in [0.5, 0.6) is 5.75 Å². The van der Waals surface area contributed by atoms with Crippen molar-refractivity contribution in [2.24, 2.45) is 11.8 Å². The third-order valence-corrected chi connectivity index (χ3v) is 9.50. The van der Waals surface area contributed by atoms with Gasteiger partial charge in [-0.1, -0.05) is 28.1 Å². The quantitative estimate of drug-likeness (QED) is 0.142. The van der Waals surface area contributed by atoms with Crippen LogP contribution in [0.25, 0.3) is 10.9 Å². The van der Waals surface area contributed by atoms with E-state index < -0.39 is 27.0 Å². The van der Waals surface area contributed by atoms with Gasteiger partial charge in [-0.05, 0) is 74.3 Å². The summed E-state index contributed by atoms with van der Waals surface area (Å²) in [6.45, 7) is 2.40. The zero-order chi connectivity index (χ0) is 31.2. The molecule has 5 rings (SSSR count). The van der Waals surface area contributed by atoms with E-state index in [1.807, 2.05) is 35.0 Å². The molecule has 0 amide bonds. The van der Waals surface area contributed by atoms with Gasteiger partial charge >= 0.3 is 6.36 Å². The second-order valence-corrected chi connectivity index (χ2v) is 13.4. The summed E-state index contributed by atoms with van der Waals surface area (Å²) in [5.41, 5.74) is 0.840. The monoisotopic (exact) mass is 695 g/mol. The van der Waals surface area contributed by atoms with Gasteiger partial charge in [0.1, 0.15) is 10.7 Å². The standard InChI is InChI=1S/C29H33BrF3N7O3S/c30-22-10-11-26(25(16-22)43-29(31,32)33)44(41,42)37-18-21-8-6-20(7-9-21)17-36-28-38-24-5-2-1-4-23(24)27(39-28)35-12-3-14-40-15-13-34-19-40/h1-2,4-5,10-11,13,15-16,19-21,37H,3,6-9,12,14,17-18H2,(H2,35,36,38,39)/t20-,21-. The van der Waals surface area contributed by atoms with E-state index in [1.54, 1.807) is 12.5 Å². The lowest BCUT2D eigenvalue weighted by molar-refractivity contribution is -0.275. The first-order valence-electron chi connectivity index (χ1n) is 14.3. The van der Waals surface area contributed by atoms with Gasteiger partial charge in [-0.25, -0.2) is 23.1 Å². The topological polar surface area (TPSA) is 123 Å². The number of nitrogens with one attached hydrogen (secondary N) is 3. The van der Waals surface area contributed by atoms with Gasteiger partial charge in [-0.15, -0.1) is 13.2 Å². The second-order valence-electron chi connectivity index (χ2n) is 10.8. The molecule has 2 aromatic carbocycles. The first-order valence-corrected chi connectivity index (χ1v) is 16.6.